The number of carbonyl (C=O) groups is 5. The maximum atomic E-state index is 13.6. The Morgan fingerprint density at radius 1 is 1.07 bits per heavy atom. The fraction of sp³-hybridized carbons (Fsp3) is 0.792. The SMILES string of the molecule is CC(C)(C)C(NC(=O)C(F)(F)F)C(=O)N1C[C@@H]2COC[C@@H]2[C@H]1C(=O)NC(C[C@@H]1CCNC1=O)C(=O)COC(F)(F)F. The van der Waals surface area contributed by atoms with Gasteiger partial charge in [-0.15, -0.1) is 13.2 Å². The molecule has 3 rings (SSSR count). The first-order valence-electron chi connectivity index (χ1n) is 12.9. The van der Waals surface area contributed by atoms with Crippen molar-refractivity contribution in [2.45, 2.75) is 64.3 Å². The number of halogens is 6. The molecule has 0 aromatic carbocycles. The number of nitrogens with zero attached hydrogens (tertiary/aromatic N) is 1. The predicted octanol–water partition coefficient (Wildman–Crippen LogP) is 0.670. The van der Waals surface area contributed by atoms with E-state index in [1.807, 2.05) is 0 Å². The van der Waals surface area contributed by atoms with Crippen molar-refractivity contribution in [3.05, 3.63) is 0 Å². The van der Waals surface area contributed by atoms with Gasteiger partial charge in [0.15, 0.2) is 5.78 Å². The summed E-state index contributed by atoms with van der Waals surface area (Å²) >= 11 is 0. The van der Waals surface area contributed by atoms with Gasteiger partial charge in [-0.05, 0) is 18.3 Å². The number of hydrogen-bond acceptors (Lipinski definition) is 7. The standard InChI is InChI=1S/C24H32F6N4O7/c1-22(2,3)17(33-21(39)23(25,26)27)20(38)34-7-12-8-40-9-13(12)16(34)19(37)32-14(6-11-4-5-31-18(11)36)15(35)10-41-24(28,29)30/h11-14,16-17H,4-10H2,1-3H3,(H,31,36)(H,32,37)(H,33,39)/t11-,12+,13-,14?,16-,17?/m0/s1. The average Bonchev–Trinajstić information content (AvgIpc) is 3.54. The van der Waals surface area contributed by atoms with Gasteiger partial charge in [-0.1, -0.05) is 20.8 Å². The molecule has 17 heteroatoms. The normalized spacial score (nSPS) is 26.3. The number of nitrogens with one attached hydrogen (secondary N) is 3. The van der Waals surface area contributed by atoms with E-state index in [4.69, 9.17) is 4.74 Å². The molecule has 3 fully saturated rings. The highest BCUT2D eigenvalue weighted by atomic mass is 19.4. The number of rotatable bonds is 9. The smallest absolute Gasteiger partial charge is 0.381 e. The van der Waals surface area contributed by atoms with E-state index in [0.717, 1.165) is 4.90 Å². The van der Waals surface area contributed by atoms with Crippen LogP contribution in [-0.4, -0.2) is 97.9 Å². The van der Waals surface area contributed by atoms with E-state index in [1.54, 1.807) is 5.32 Å². The lowest BCUT2D eigenvalue weighted by molar-refractivity contribution is -0.321. The monoisotopic (exact) mass is 602 g/mol. The van der Waals surface area contributed by atoms with Crippen LogP contribution in [0, 0.1) is 23.2 Å². The van der Waals surface area contributed by atoms with E-state index in [0.29, 0.717) is 0 Å². The van der Waals surface area contributed by atoms with Crippen LogP contribution in [0.2, 0.25) is 0 Å². The lowest BCUT2D eigenvalue weighted by Gasteiger charge is -2.36. The molecule has 3 heterocycles. The minimum atomic E-state index is -5.28. The van der Waals surface area contributed by atoms with Gasteiger partial charge in [-0.3, -0.25) is 28.7 Å². The highest BCUT2D eigenvalue weighted by Gasteiger charge is 2.54. The molecule has 0 radical (unpaired) electrons. The van der Waals surface area contributed by atoms with Crippen molar-refractivity contribution in [1.82, 2.24) is 20.9 Å². The average molecular weight is 603 g/mol. The summed E-state index contributed by atoms with van der Waals surface area (Å²) in [6.45, 7) is 3.08. The second-order valence-corrected chi connectivity index (χ2v) is 11.4. The first kappa shape index (κ1) is 32.6. The molecular formula is C24H32F6N4O7. The summed E-state index contributed by atoms with van der Waals surface area (Å²) in [4.78, 5) is 64.7. The maximum Gasteiger partial charge on any atom is 0.522 e. The second kappa shape index (κ2) is 12.1. The molecule has 6 atom stereocenters. The maximum absolute atomic E-state index is 13.6. The third kappa shape index (κ3) is 8.08. The Morgan fingerprint density at radius 3 is 2.27 bits per heavy atom. The number of alkyl halides is 6. The van der Waals surface area contributed by atoms with Gasteiger partial charge in [0.05, 0.1) is 19.3 Å². The Labute approximate surface area is 231 Å². The van der Waals surface area contributed by atoms with Crippen molar-refractivity contribution in [2.24, 2.45) is 23.2 Å². The number of fused-ring (bicyclic) bond motifs is 1. The van der Waals surface area contributed by atoms with Crippen LogP contribution in [0.5, 0.6) is 0 Å². The quantitative estimate of drug-likeness (QED) is 0.330. The van der Waals surface area contributed by atoms with E-state index in [9.17, 15) is 50.3 Å². The molecule has 0 aromatic heterocycles. The number of ketones is 1. The molecule has 0 aliphatic carbocycles. The Kier molecular flexibility index (Phi) is 9.62. The zero-order valence-corrected chi connectivity index (χ0v) is 22.5. The summed E-state index contributed by atoms with van der Waals surface area (Å²) < 4.78 is 85.9. The molecule has 3 N–H and O–H groups in total. The Hall–Kier alpha value is -2.95. The highest BCUT2D eigenvalue weighted by Crippen LogP contribution is 2.37. The molecule has 3 saturated heterocycles. The van der Waals surface area contributed by atoms with E-state index >= 15 is 0 Å². The van der Waals surface area contributed by atoms with Crippen LogP contribution in [0.4, 0.5) is 26.3 Å². The molecule has 11 nitrogen and oxygen atoms in total. The number of Topliss-reactive ketones (excluding diaryl/α,β-unsaturated/α-hetero) is 1. The second-order valence-electron chi connectivity index (χ2n) is 11.4. The van der Waals surface area contributed by atoms with Gasteiger partial charge in [-0.2, -0.15) is 13.2 Å². The number of ether oxygens (including phenoxy) is 2. The van der Waals surface area contributed by atoms with Crippen molar-refractivity contribution in [1.29, 1.82) is 0 Å². The van der Waals surface area contributed by atoms with Gasteiger partial charge >= 0.3 is 18.4 Å². The third-order valence-electron chi connectivity index (χ3n) is 7.38. The van der Waals surface area contributed by atoms with Gasteiger partial charge in [0.25, 0.3) is 0 Å². The third-order valence-corrected chi connectivity index (χ3v) is 7.38. The molecule has 3 aliphatic heterocycles. The van der Waals surface area contributed by atoms with E-state index < -0.39 is 89.9 Å². The number of amides is 4. The fourth-order valence-corrected chi connectivity index (χ4v) is 5.28. The van der Waals surface area contributed by atoms with Crippen LogP contribution in [0.1, 0.15) is 33.6 Å². The molecule has 0 saturated carbocycles. The van der Waals surface area contributed by atoms with Crippen molar-refractivity contribution in [3.63, 3.8) is 0 Å². The fourth-order valence-electron chi connectivity index (χ4n) is 5.28. The number of hydrogen-bond donors (Lipinski definition) is 3. The Balaban J connectivity index is 1.87. The van der Waals surface area contributed by atoms with Crippen LogP contribution in [0.15, 0.2) is 0 Å². The van der Waals surface area contributed by atoms with Crippen LogP contribution in [0.25, 0.3) is 0 Å². The van der Waals surface area contributed by atoms with Crippen molar-refractivity contribution in [3.8, 4) is 0 Å². The van der Waals surface area contributed by atoms with Crippen molar-refractivity contribution >= 4 is 29.4 Å². The minimum Gasteiger partial charge on any atom is -0.381 e. The number of carbonyl (C=O) groups excluding carboxylic acids is 5. The Morgan fingerprint density at radius 2 is 1.73 bits per heavy atom. The summed E-state index contributed by atoms with van der Waals surface area (Å²) in [7, 11) is 0. The first-order valence-corrected chi connectivity index (χ1v) is 12.9. The van der Waals surface area contributed by atoms with Crippen molar-refractivity contribution < 1.29 is 59.8 Å². The van der Waals surface area contributed by atoms with E-state index in [1.165, 1.54) is 20.8 Å². The molecule has 0 bridgehead atoms. The minimum absolute atomic E-state index is 0.0115. The zero-order valence-electron chi connectivity index (χ0n) is 22.5. The van der Waals surface area contributed by atoms with Gasteiger partial charge < -0.3 is 25.6 Å². The molecule has 2 unspecified atom stereocenters. The molecule has 0 aromatic rings. The molecule has 3 aliphatic rings. The largest absolute Gasteiger partial charge is 0.522 e. The van der Waals surface area contributed by atoms with Gasteiger partial charge in [-0.25, -0.2) is 0 Å². The summed E-state index contributed by atoms with van der Waals surface area (Å²) in [5, 5.41) is 6.58. The lowest BCUT2D eigenvalue weighted by atomic mass is 9.85. The molecular weight excluding hydrogens is 570 g/mol. The van der Waals surface area contributed by atoms with E-state index in [2.05, 4.69) is 15.4 Å². The van der Waals surface area contributed by atoms with Crippen LogP contribution in [0.3, 0.4) is 0 Å². The van der Waals surface area contributed by atoms with Gasteiger partial charge in [0.2, 0.25) is 17.7 Å². The zero-order chi connectivity index (χ0) is 30.9. The van der Waals surface area contributed by atoms with Crippen LogP contribution < -0.4 is 16.0 Å². The summed E-state index contributed by atoms with van der Waals surface area (Å²) in [5.41, 5.74) is -1.23. The van der Waals surface area contributed by atoms with Crippen LogP contribution >= 0.6 is 0 Å². The van der Waals surface area contributed by atoms with E-state index in [-0.39, 0.29) is 39.1 Å². The van der Waals surface area contributed by atoms with Crippen LogP contribution in [-0.2, 0) is 33.4 Å². The Bertz CT molecular complexity index is 1040. The summed E-state index contributed by atoms with van der Waals surface area (Å²) in [6, 6.07) is -4.68. The summed E-state index contributed by atoms with van der Waals surface area (Å²) in [5.74, 6) is -7.76. The molecule has 41 heavy (non-hydrogen) atoms. The molecule has 4 amide bonds. The molecule has 0 spiro atoms. The first-order chi connectivity index (χ1) is 18.8. The van der Waals surface area contributed by atoms with Crippen molar-refractivity contribution in [2.75, 3.05) is 32.9 Å². The number of likely N-dealkylation sites (tertiary alicyclic amines) is 1. The lowest BCUT2D eigenvalue weighted by Crippen LogP contribution is -2.61. The topological polar surface area (TPSA) is 143 Å². The van der Waals surface area contributed by atoms with Gasteiger partial charge in [0, 0.05) is 30.8 Å². The highest BCUT2D eigenvalue weighted by molar-refractivity contribution is 5.96. The van der Waals surface area contributed by atoms with Gasteiger partial charge in [0.1, 0.15) is 18.7 Å². The summed E-state index contributed by atoms with van der Waals surface area (Å²) in [6.07, 6.45) is -10.5. The predicted molar refractivity (Wildman–Crippen MR) is 125 cm³/mol. The molecule has 232 valence electrons.